The van der Waals surface area contributed by atoms with E-state index >= 15 is 0 Å². The molecule has 1 aromatic rings. The van der Waals surface area contributed by atoms with Gasteiger partial charge in [0.25, 0.3) is 11.5 Å². The molecule has 0 saturated carbocycles. The maximum atomic E-state index is 10.4. The van der Waals surface area contributed by atoms with Crippen molar-refractivity contribution in [2.24, 2.45) is 0 Å². The first-order chi connectivity index (χ1) is 7.77. The summed E-state index contributed by atoms with van der Waals surface area (Å²) in [4.78, 5) is 27.4. The smallest absolute Gasteiger partial charge is 0.366 e. The summed E-state index contributed by atoms with van der Waals surface area (Å²) >= 11 is 0. The fourth-order valence-electron chi connectivity index (χ4n) is 1.07. The predicted octanol–water partition coefficient (Wildman–Crippen LogP) is 1.15. The minimum atomic E-state index is -1.48. The van der Waals surface area contributed by atoms with Gasteiger partial charge in [-0.05, 0) is 0 Å². The molecule has 0 amide bonds. The van der Waals surface area contributed by atoms with Crippen LogP contribution in [0, 0.1) is 30.3 Å². The third-order valence-corrected chi connectivity index (χ3v) is 1.78. The average Bonchev–Trinajstić information content (AvgIpc) is 2.15. The summed E-state index contributed by atoms with van der Waals surface area (Å²) in [6.45, 7) is 0. The van der Waals surface area contributed by atoms with Crippen molar-refractivity contribution in [1.82, 2.24) is 12.3 Å². The van der Waals surface area contributed by atoms with E-state index in [-0.39, 0.29) is 18.4 Å². The number of benzene rings is 1. The molecule has 0 bridgehead atoms. The van der Waals surface area contributed by atoms with E-state index in [9.17, 15) is 30.3 Å². The van der Waals surface area contributed by atoms with Crippen LogP contribution in [0.25, 0.3) is 0 Å². The summed E-state index contributed by atoms with van der Waals surface area (Å²) in [5.74, 6) is -2.88. The van der Waals surface area contributed by atoms with Crippen LogP contribution in [0.4, 0.5) is 17.1 Å². The van der Waals surface area contributed by atoms with Crippen molar-refractivity contribution in [1.29, 1.82) is 0 Å². The highest BCUT2D eigenvalue weighted by Crippen LogP contribution is 2.47. The summed E-state index contributed by atoms with van der Waals surface area (Å²) in [7, 11) is 0. The lowest BCUT2D eigenvalue weighted by Crippen LogP contribution is -1.98. The van der Waals surface area contributed by atoms with E-state index in [1.165, 1.54) is 0 Å². The lowest BCUT2D eigenvalue weighted by Gasteiger charge is -2.00. The third kappa shape index (κ3) is 2.99. The molecule has 0 aliphatic heterocycles. The van der Waals surface area contributed by atoms with Crippen LogP contribution in [-0.2, 0) is 0 Å². The Hall–Kier alpha value is -3.06. The quantitative estimate of drug-likeness (QED) is 0.453. The lowest BCUT2D eigenvalue weighted by atomic mass is 10.2. The number of nitrogens with zero attached hydrogens (tertiary/aromatic N) is 3. The van der Waals surface area contributed by atoms with Gasteiger partial charge in [0, 0.05) is 0 Å². The molecule has 1 aromatic carbocycles. The second kappa shape index (κ2) is 6.03. The highest BCUT2D eigenvalue weighted by molar-refractivity contribution is 5.73. The number of phenols is 2. The van der Waals surface area contributed by atoms with E-state index in [1.807, 2.05) is 0 Å². The van der Waals surface area contributed by atoms with Crippen molar-refractivity contribution < 1.29 is 25.0 Å². The monoisotopic (exact) mass is 279 g/mol. The Labute approximate surface area is 103 Å². The summed E-state index contributed by atoms with van der Waals surface area (Å²) < 4.78 is 0. The van der Waals surface area contributed by atoms with Gasteiger partial charge in [-0.25, -0.2) is 0 Å². The van der Waals surface area contributed by atoms with Gasteiger partial charge in [-0.3, -0.25) is 30.3 Å². The number of hydrogen-bond acceptors (Lipinski definition) is 10. The standard InChI is InChI=1S/C6H3N3O8.2H3N/c10-5-2(7(12)13)1-3(8(14)15)6(11)4(5)9(16)17;;/h1,10-11H;2*1H3. The average molecular weight is 279 g/mol. The first-order valence-electron chi connectivity index (χ1n) is 3.79. The largest absolute Gasteiger partial charge is 0.497 e. The van der Waals surface area contributed by atoms with Gasteiger partial charge in [-0.2, -0.15) is 0 Å². The summed E-state index contributed by atoms with van der Waals surface area (Å²) in [5, 5.41) is 49.5. The molecule has 0 radical (unpaired) electrons. The number of rotatable bonds is 3. The van der Waals surface area contributed by atoms with Gasteiger partial charge in [-0.1, -0.05) is 0 Å². The fourth-order valence-corrected chi connectivity index (χ4v) is 1.07. The maximum Gasteiger partial charge on any atom is 0.366 e. The summed E-state index contributed by atoms with van der Waals surface area (Å²) in [6.07, 6.45) is 0. The van der Waals surface area contributed by atoms with Crippen LogP contribution in [0.3, 0.4) is 0 Å². The molecule has 0 heterocycles. The van der Waals surface area contributed by atoms with E-state index in [4.69, 9.17) is 10.2 Å². The Morgan fingerprint density at radius 3 is 1.32 bits per heavy atom. The molecule has 0 atom stereocenters. The Morgan fingerprint density at radius 2 is 1.11 bits per heavy atom. The van der Waals surface area contributed by atoms with Gasteiger partial charge < -0.3 is 22.5 Å². The Morgan fingerprint density at radius 1 is 0.789 bits per heavy atom. The fraction of sp³-hybridized carbons (Fsp3) is 0. The van der Waals surface area contributed by atoms with Crippen LogP contribution >= 0.6 is 0 Å². The van der Waals surface area contributed by atoms with E-state index < -0.39 is 43.3 Å². The van der Waals surface area contributed by atoms with Crippen molar-refractivity contribution >= 4 is 17.1 Å². The molecule has 0 aliphatic rings. The van der Waals surface area contributed by atoms with Crippen LogP contribution in [0.2, 0.25) is 0 Å². The number of nitro benzene ring substituents is 3. The Balaban J connectivity index is 0. The number of hydrogen-bond donors (Lipinski definition) is 4. The minimum Gasteiger partial charge on any atom is -0.497 e. The molecule has 13 heteroatoms. The van der Waals surface area contributed by atoms with E-state index in [1.54, 1.807) is 0 Å². The molecular formula is C6H9N5O8. The first-order valence-corrected chi connectivity index (χ1v) is 3.79. The topological polar surface area (TPSA) is 240 Å². The van der Waals surface area contributed by atoms with Gasteiger partial charge in [-0.15, -0.1) is 0 Å². The van der Waals surface area contributed by atoms with Crippen LogP contribution in [0.15, 0.2) is 6.07 Å². The Bertz CT molecular complexity index is 505. The zero-order chi connectivity index (χ0) is 13.3. The molecule has 0 aliphatic carbocycles. The maximum absolute atomic E-state index is 10.4. The third-order valence-electron chi connectivity index (χ3n) is 1.78. The lowest BCUT2D eigenvalue weighted by molar-refractivity contribution is -0.405. The van der Waals surface area contributed by atoms with Crippen LogP contribution in [-0.4, -0.2) is 25.0 Å². The van der Waals surface area contributed by atoms with Crippen molar-refractivity contribution in [3.05, 3.63) is 36.4 Å². The molecular weight excluding hydrogens is 270 g/mol. The van der Waals surface area contributed by atoms with Crippen molar-refractivity contribution in [3.8, 4) is 11.5 Å². The number of phenolic OH excluding ortho intramolecular Hbond substituents is 2. The normalized spacial score (nSPS) is 8.84. The molecule has 19 heavy (non-hydrogen) atoms. The van der Waals surface area contributed by atoms with Gasteiger partial charge >= 0.3 is 17.1 Å². The molecule has 1 rings (SSSR count). The summed E-state index contributed by atoms with van der Waals surface area (Å²) in [6, 6.07) is 0.234. The molecule has 0 saturated heterocycles. The second-order valence-corrected chi connectivity index (χ2v) is 2.73. The van der Waals surface area contributed by atoms with Gasteiger partial charge in [0.15, 0.2) is 0 Å². The summed E-state index contributed by atoms with van der Waals surface area (Å²) in [5.41, 5.74) is -3.95. The van der Waals surface area contributed by atoms with E-state index in [2.05, 4.69) is 0 Å². The first kappa shape index (κ1) is 18.3. The number of aromatic hydroxyl groups is 2. The highest BCUT2D eigenvalue weighted by atomic mass is 16.6. The molecule has 106 valence electrons. The minimum absolute atomic E-state index is 0. The second-order valence-electron chi connectivity index (χ2n) is 2.73. The number of nitro groups is 3. The molecule has 0 fully saturated rings. The van der Waals surface area contributed by atoms with Gasteiger partial charge in [0.05, 0.1) is 14.8 Å². The molecule has 8 N–H and O–H groups in total. The van der Waals surface area contributed by atoms with Crippen LogP contribution in [0.1, 0.15) is 0 Å². The van der Waals surface area contributed by atoms with E-state index in [0.29, 0.717) is 0 Å². The van der Waals surface area contributed by atoms with Crippen LogP contribution < -0.4 is 12.3 Å². The predicted molar refractivity (Wildman–Crippen MR) is 59.8 cm³/mol. The van der Waals surface area contributed by atoms with Gasteiger partial charge in [0.2, 0.25) is 0 Å². The van der Waals surface area contributed by atoms with E-state index in [0.717, 1.165) is 0 Å². The van der Waals surface area contributed by atoms with Crippen molar-refractivity contribution in [2.75, 3.05) is 0 Å². The molecule has 0 spiro atoms. The SMILES string of the molecule is N.N.O=[N+]([O-])c1cc([N+](=O)[O-])c(O)c([N+](=O)[O-])c1O. The molecule has 0 aromatic heterocycles. The highest BCUT2D eigenvalue weighted by Gasteiger charge is 2.36. The van der Waals surface area contributed by atoms with Crippen molar-refractivity contribution in [3.63, 3.8) is 0 Å². The Kier molecular flexibility index (Phi) is 5.81. The molecule has 13 nitrogen and oxygen atoms in total. The zero-order valence-corrected chi connectivity index (χ0v) is 9.18. The van der Waals surface area contributed by atoms with Crippen molar-refractivity contribution in [2.45, 2.75) is 0 Å². The van der Waals surface area contributed by atoms with Gasteiger partial charge in [0.1, 0.15) is 6.07 Å². The zero-order valence-electron chi connectivity index (χ0n) is 9.18. The van der Waals surface area contributed by atoms with Crippen LogP contribution in [0.5, 0.6) is 11.5 Å². The molecule has 0 unspecified atom stereocenters.